The average Bonchev–Trinajstić information content (AvgIpc) is 2.25. The van der Waals surface area contributed by atoms with Gasteiger partial charge in [0.25, 0.3) is 8.32 Å². The minimum Gasteiger partial charge on any atom is -0.455 e. The molecule has 0 fully saturated rings. The van der Waals surface area contributed by atoms with Crippen molar-refractivity contribution in [3.8, 4) is 0 Å². The lowest BCUT2D eigenvalue weighted by molar-refractivity contribution is 0.106. The lowest BCUT2D eigenvalue weighted by atomic mass is 10.1. The van der Waals surface area contributed by atoms with Gasteiger partial charge in [0.15, 0.2) is 0 Å². The van der Waals surface area contributed by atoms with E-state index in [1.165, 1.54) is 0 Å². The third kappa shape index (κ3) is 3.98. The molecule has 0 aliphatic rings. The van der Waals surface area contributed by atoms with E-state index in [1.54, 1.807) is 19.1 Å². The summed E-state index contributed by atoms with van der Waals surface area (Å²) >= 11 is 0. The molecule has 0 spiro atoms. The van der Waals surface area contributed by atoms with Gasteiger partial charge in [0.2, 0.25) is 5.78 Å². The number of hydrogen-bond acceptors (Lipinski definition) is 3. The van der Waals surface area contributed by atoms with Crippen LogP contribution < -0.4 is 0 Å². The maximum atomic E-state index is 11.9. The minimum atomic E-state index is -1.71. The summed E-state index contributed by atoms with van der Waals surface area (Å²) in [7, 11) is -1.71. The molecule has 86 valence electrons. The summed E-state index contributed by atoms with van der Waals surface area (Å²) in [5.41, 5.74) is 1.04. The van der Waals surface area contributed by atoms with E-state index >= 15 is 0 Å². The van der Waals surface area contributed by atoms with Crippen LogP contribution in [0, 0.1) is 0 Å². The molecule has 0 saturated heterocycles. The fraction of sp³-hybridized carbons (Fsp3) is 0.333. The van der Waals surface area contributed by atoms with E-state index in [9.17, 15) is 4.79 Å². The van der Waals surface area contributed by atoms with E-state index < -0.39 is 8.32 Å². The molecule has 16 heavy (non-hydrogen) atoms. The van der Waals surface area contributed by atoms with Crippen molar-refractivity contribution >= 4 is 19.8 Å². The van der Waals surface area contributed by atoms with Crippen molar-refractivity contribution in [2.75, 3.05) is 0 Å². The summed E-state index contributed by atoms with van der Waals surface area (Å²) in [6, 6.07) is 9.09. The van der Waals surface area contributed by atoms with Crippen LogP contribution in [0.1, 0.15) is 17.3 Å². The number of Topliss-reactive ketones (excluding diaryl/α,β-unsaturated/α-hetero) is 1. The number of benzene rings is 1. The third-order valence-corrected chi connectivity index (χ3v) is 2.46. The van der Waals surface area contributed by atoms with E-state index in [1.807, 2.05) is 37.8 Å². The molecule has 0 atom stereocenters. The quantitative estimate of drug-likeness (QED) is 0.348. The first kappa shape index (κ1) is 12.6. The van der Waals surface area contributed by atoms with Crippen molar-refractivity contribution in [1.82, 2.24) is 0 Å². The largest absolute Gasteiger partial charge is 0.455 e. The zero-order valence-electron chi connectivity index (χ0n) is 10.2. The molecule has 0 unspecified atom stereocenters. The highest BCUT2D eigenvalue weighted by atomic mass is 28.4. The molecule has 1 rings (SSSR count). The maximum Gasteiger partial charge on any atom is 0.278 e. The van der Waals surface area contributed by atoms with Crippen LogP contribution in [-0.4, -0.2) is 19.8 Å². The molecule has 1 aromatic rings. The van der Waals surface area contributed by atoms with Crippen LogP contribution in [0.2, 0.25) is 19.6 Å². The van der Waals surface area contributed by atoms with Gasteiger partial charge in [0.1, 0.15) is 5.71 Å². The molecular weight excluding hydrogens is 218 g/mol. The van der Waals surface area contributed by atoms with Gasteiger partial charge in [-0.05, 0) is 26.6 Å². The van der Waals surface area contributed by atoms with Crippen LogP contribution in [0.3, 0.4) is 0 Å². The highest BCUT2D eigenvalue weighted by Crippen LogP contribution is 2.06. The second-order valence-electron chi connectivity index (χ2n) is 4.58. The summed E-state index contributed by atoms with van der Waals surface area (Å²) in [6.45, 7) is 7.75. The number of rotatable bonds is 4. The Morgan fingerprint density at radius 3 is 2.25 bits per heavy atom. The Bertz CT molecular complexity index is 393. The number of ketones is 1. The first-order valence-electron chi connectivity index (χ1n) is 5.23. The summed E-state index contributed by atoms with van der Waals surface area (Å²) < 4.78 is 5.34. The Labute approximate surface area is 97.2 Å². The van der Waals surface area contributed by atoms with Gasteiger partial charge in [-0.2, -0.15) is 0 Å². The smallest absolute Gasteiger partial charge is 0.278 e. The molecule has 0 saturated carbocycles. The van der Waals surface area contributed by atoms with Crippen molar-refractivity contribution in [3.05, 3.63) is 35.9 Å². The molecule has 0 N–H and O–H groups in total. The van der Waals surface area contributed by atoms with Crippen LogP contribution in [0.4, 0.5) is 0 Å². The van der Waals surface area contributed by atoms with Gasteiger partial charge in [0, 0.05) is 5.56 Å². The van der Waals surface area contributed by atoms with Gasteiger partial charge in [0.05, 0.1) is 0 Å². The van der Waals surface area contributed by atoms with E-state index in [2.05, 4.69) is 5.16 Å². The van der Waals surface area contributed by atoms with Gasteiger partial charge in [-0.25, -0.2) is 0 Å². The summed E-state index contributed by atoms with van der Waals surface area (Å²) in [5.74, 6) is -0.0844. The first-order chi connectivity index (χ1) is 7.40. The third-order valence-electron chi connectivity index (χ3n) is 1.82. The summed E-state index contributed by atoms with van der Waals surface area (Å²) in [6.07, 6.45) is 0. The molecule has 0 aromatic heterocycles. The highest BCUT2D eigenvalue weighted by molar-refractivity contribution is 6.69. The Balaban J connectivity index is 2.76. The van der Waals surface area contributed by atoms with Crippen LogP contribution in [0.5, 0.6) is 0 Å². The standard InChI is InChI=1S/C12H17NO2Si/c1-10(13-15-16(2,3)4)12(14)11-8-6-5-7-9-11/h5-9H,1-4H3. The number of hydrogen-bond donors (Lipinski definition) is 0. The Kier molecular flexibility index (Phi) is 4.01. The van der Waals surface area contributed by atoms with Gasteiger partial charge >= 0.3 is 0 Å². The fourth-order valence-corrected chi connectivity index (χ4v) is 1.46. The monoisotopic (exact) mass is 235 g/mol. The lowest BCUT2D eigenvalue weighted by Gasteiger charge is -2.13. The van der Waals surface area contributed by atoms with Gasteiger partial charge in [-0.3, -0.25) is 4.79 Å². The molecule has 4 heteroatoms. The van der Waals surface area contributed by atoms with Gasteiger partial charge < -0.3 is 4.53 Å². The average molecular weight is 235 g/mol. The molecule has 1 aromatic carbocycles. The van der Waals surface area contributed by atoms with Crippen molar-refractivity contribution in [3.63, 3.8) is 0 Å². The molecule has 0 aliphatic carbocycles. The molecule has 0 radical (unpaired) electrons. The number of nitrogens with zero attached hydrogens (tertiary/aromatic N) is 1. The van der Waals surface area contributed by atoms with Crippen LogP contribution in [0.15, 0.2) is 35.5 Å². The van der Waals surface area contributed by atoms with Gasteiger partial charge in [-0.1, -0.05) is 30.3 Å². The molecule has 0 amide bonds. The van der Waals surface area contributed by atoms with E-state index in [0.29, 0.717) is 11.3 Å². The molecule has 0 bridgehead atoms. The van der Waals surface area contributed by atoms with Gasteiger partial charge in [-0.15, -0.1) is 5.16 Å². The number of oxime groups is 1. The van der Waals surface area contributed by atoms with Crippen LogP contribution >= 0.6 is 0 Å². The van der Waals surface area contributed by atoms with Crippen molar-refractivity contribution < 1.29 is 9.32 Å². The number of carbonyl (C=O) groups is 1. The zero-order valence-corrected chi connectivity index (χ0v) is 11.2. The van der Waals surface area contributed by atoms with Crippen molar-refractivity contribution in [1.29, 1.82) is 0 Å². The van der Waals surface area contributed by atoms with E-state index in [4.69, 9.17) is 4.53 Å². The molecule has 0 aliphatic heterocycles. The second kappa shape index (κ2) is 5.07. The molecule has 3 nitrogen and oxygen atoms in total. The molecular formula is C12H17NO2Si. The normalized spacial score (nSPS) is 12.4. The van der Waals surface area contributed by atoms with E-state index in [0.717, 1.165) is 0 Å². The Morgan fingerprint density at radius 1 is 1.19 bits per heavy atom. The first-order valence-corrected chi connectivity index (χ1v) is 8.63. The Morgan fingerprint density at radius 2 is 1.75 bits per heavy atom. The zero-order chi connectivity index (χ0) is 12.2. The topological polar surface area (TPSA) is 38.7 Å². The summed E-state index contributed by atoms with van der Waals surface area (Å²) in [5, 5.41) is 3.90. The number of carbonyl (C=O) groups excluding carboxylic acids is 1. The predicted molar refractivity (Wildman–Crippen MR) is 68.3 cm³/mol. The van der Waals surface area contributed by atoms with E-state index in [-0.39, 0.29) is 5.78 Å². The Hall–Kier alpha value is -1.42. The summed E-state index contributed by atoms with van der Waals surface area (Å²) in [4.78, 5) is 11.9. The predicted octanol–water partition coefficient (Wildman–Crippen LogP) is 3.10. The van der Waals surface area contributed by atoms with Crippen LogP contribution in [-0.2, 0) is 4.53 Å². The molecule has 0 heterocycles. The minimum absolute atomic E-state index is 0.0844. The van der Waals surface area contributed by atoms with Crippen molar-refractivity contribution in [2.24, 2.45) is 5.16 Å². The van der Waals surface area contributed by atoms with Crippen LogP contribution in [0.25, 0.3) is 0 Å². The van der Waals surface area contributed by atoms with Crippen molar-refractivity contribution in [2.45, 2.75) is 26.6 Å². The highest BCUT2D eigenvalue weighted by Gasteiger charge is 2.17. The fourth-order valence-electron chi connectivity index (χ4n) is 1.05. The second-order valence-corrected chi connectivity index (χ2v) is 8.98. The maximum absolute atomic E-state index is 11.9. The lowest BCUT2D eigenvalue weighted by Crippen LogP contribution is -2.24. The SMILES string of the molecule is CC(=NO[Si](C)(C)C)C(=O)c1ccccc1.